The van der Waals surface area contributed by atoms with Crippen molar-refractivity contribution in [2.75, 3.05) is 0 Å². The number of carbonyl (C=O) groups is 1. The molecule has 70 valence electrons. The third kappa shape index (κ3) is 1.48. The van der Waals surface area contributed by atoms with Gasteiger partial charge in [0.25, 0.3) is 0 Å². The number of ketones is 1. The fourth-order valence-corrected chi connectivity index (χ4v) is 1.27. The van der Waals surface area contributed by atoms with Gasteiger partial charge in [-0.05, 0) is 32.0 Å². The number of rotatable bonds is 1. The fourth-order valence-electron chi connectivity index (χ4n) is 1.27. The molecule has 3 nitrogen and oxygen atoms in total. The van der Waals surface area contributed by atoms with E-state index >= 15 is 0 Å². The van der Waals surface area contributed by atoms with Gasteiger partial charge in [0.2, 0.25) is 0 Å². The van der Waals surface area contributed by atoms with E-state index in [1.165, 1.54) is 6.92 Å². The van der Waals surface area contributed by atoms with E-state index in [9.17, 15) is 4.79 Å². The van der Waals surface area contributed by atoms with Crippen LogP contribution in [0, 0.1) is 6.90 Å². The Morgan fingerprint density at radius 1 is 1.43 bits per heavy atom. The summed E-state index contributed by atoms with van der Waals surface area (Å²) < 4.78 is 7.19. The van der Waals surface area contributed by atoms with Crippen LogP contribution in [-0.2, 0) is 0 Å². The zero-order valence-corrected chi connectivity index (χ0v) is 7.82. The smallest absolute Gasteiger partial charge is 0.159 e. The van der Waals surface area contributed by atoms with Gasteiger partial charge in [0.1, 0.15) is 0 Å². The Balaban J connectivity index is 2.62. The van der Waals surface area contributed by atoms with Crippen LogP contribution in [0.1, 0.15) is 24.3 Å². The molecule has 0 saturated heterocycles. The monoisotopic (exact) mass is 187 g/mol. The first-order chi connectivity index (χ1) is 7.20. The number of aromatic nitrogens is 2. The first-order valence-corrected chi connectivity index (χ1v) is 4.26. The lowest BCUT2D eigenvalue weighted by Gasteiger charge is -1.99. The van der Waals surface area contributed by atoms with Gasteiger partial charge in [-0.15, -0.1) is 0 Å². The standard InChI is InChI=1S/C11H10N2O/c1-7-6-12-10-4-3-9(8(2)14)5-11(10)13-7/h3-6H,1-2H3/i1D. The minimum absolute atomic E-state index is 0.00924. The Morgan fingerprint density at radius 3 is 3.00 bits per heavy atom. The Hall–Kier alpha value is -1.77. The number of carbonyl (C=O) groups excluding carboxylic acids is 1. The minimum atomic E-state index is 0.00924. The summed E-state index contributed by atoms with van der Waals surface area (Å²) in [6.45, 7) is 1.62. The van der Waals surface area contributed by atoms with Crippen LogP contribution in [-0.4, -0.2) is 15.8 Å². The second-order valence-corrected chi connectivity index (χ2v) is 3.12. The molecule has 1 heterocycles. The van der Waals surface area contributed by atoms with Gasteiger partial charge >= 0.3 is 0 Å². The van der Waals surface area contributed by atoms with Crippen LogP contribution in [0.2, 0.25) is 0 Å². The number of Topliss-reactive ketones (excluding diaryl/α,β-unsaturated/α-hetero) is 1. The molecule has 0 amide bonds. The van der Waals surface area contributed by atoms with Gasteiger partial charge < -0.3 is 0 Å². The molecule has 14 heavy (non-hydrogen) atoms. The van der Waals surface area contributed by atoms with Gasteiger partial charge in [-0.2, -0.15) is 0 Å². The van der Waals surface area contributed by atoms with E-state index < -0.39 is 0 Å². The molecule has 0 aliphatic carbocycles. The number of hydrogen-bond acceptors (Lipinski definition) is 3. The number of aryl methyl sites for hydroxylation is 1. The summed E-state index contributed by atoms with van der Waals surface area (Å²) in [5.41, 5.74) is 2.66. The third-order valence-electron chi connectivity index (χ3n) is 2.00. The predicted octanol–water partition coefficient (Wildman–Crippen LogP) is 2.14. The second-order valence-electron chi connectivity index (χ2n) is 3.12. The maximum absolute atomic E-state index is 11.2. The predicted molar refractivity (Wildman–Crippen MR) is 54.3 cm³/mol. The van der Waals surface area contributed by atoms with Crippen LogP contribution in [0.25, 0.3) is 11.0 Å². The number of hydrogen-bond donors (Lipinski definition) is 0. The molecule has 2 aromatic rings. The van der Waals surface area contributed by atoms with E-state index in [-0.39, 0.29) is 12.7 Å². The molecule has 0 bridgehead atoms. The average molecular weight is 187 g/mol. The summed E-state index contributed by atoms with van der Waals surface area (Å²) >= 11 is 0. The van der Waals surface area contributed by atoms with E-state index in [1.807, 2.05) is 0 Å². The SMILES string of the molecule is [2H]Cc1cnc2ccc(C(C)=O)cc2n1. The van der Waals surface area contributed by atoms with Gasteiger partial charge in [0.15, 0.2) is 5.78 Å². The highest BCUT2D eigenvalue weighted by molar-refractivity contribution is 5.97. The Bertz CT molecular complexity index is 525. The zero-order valence-electron chi connectivity index (χ0n) is 8.82. The molecule has 1 aromatic carbocycles. The van der Waals surface area contributed by atoms with Crippen molar-refractivity contribution in [3.63, 3.8) is 0 Å². The normalized spacial score (nSPS) is 11.4. The Labute approximate surface area is 83.2 Å². The van der Waals surface area contributed by atoms with Crippen LogP contribution >= 0.6 is 0 Å². The first-order valence-electron chi connectivity index (χ1n) is 4.97. The molecule has 0 atom stereocenters. The number of nitrogens with zero attached hydrogens (tertiary/aromatic N) is 2. The third-order valence-corrected chi connectivity index (χ3v) is 2.00. The maximum atomic E-state index is 11.2. The molecule has 2 rings (SSSR count). The van der Waals surface area contributed by atoms with Gasteiger partial charge in [-0.3, -0.25) is 9.78 Å². The lowest BCUT2D eigenvalue weighted by atomic mass is 10.1. The van der Waals surface area contributed by atoms with Crippen LogP contribution in [0.5, 0.6) is 0 Å². The summed E-state index contributed by atoms with van der Waals surface area (Å²) in [4.78, 5) is 19.6. The van der Waals surface area contributed by atoms with Crippen molar-refractivity contribution in [1.82, 2.24) is 9.97 Å². The summed E-state index contributed by atoms with van der Waals surface area (Å²) in [6, 6.07) is 5.22. The van der Waals surface area contributed by atoms with Crippen LogP contribution in [0.4, 0.5) is 0 Å². The molecule has 0 N–H and O–H groups in total. The summed E-state index contributed by atoms with van der Waals surface area (Å²) in [5, 5.41) is 0. The van der Waals surface area contributed by atoms with Crippen molar-refractivity contribution in [3.8, 4) is 0 Å². The molecule has 0 radical (unpaired) electrons. The van der Waals surface area contributed by atoms with E-state index in [0.29, 0.717) is 16.8 Å². The highest BCUT2D eigenvalue weighted by atomic mass is 16.1. The van der Waals surface area contributed by atoms with E-state index in [1.54, 1.807) is 24.4 Å². The van der Waals surface area contributed by atoms with Crippen LogP contribution in [0.3, 0.4) is 0 Å². The molecule has 0 fully saturated rings. The minimum Gasteiger partial charge on any atom is -0.295 e. The Kier molecular flexibility index (Phi) is 1.73. The molecule has 0 spiro atoms. The Morgan fingerprint density at radius 2 is 2.29 bits per heavy atom. The van der Waals surface area contributed by atoms with E-state index in [0.717, 1.165) is 5.52 Å². The lowest BCUT2D eigenvalue weighted by Crippen LogP contribution is -1.94. The molecule has 1 aromatic heterocycles. The fraction of sp³-hybridized carbons (Fsp3) is 0.182. The topological polar surface area (TPSA) is 42.9 Å². The van der Waals surface area contributed by atoms with Crippen molar-refractivity contribution in [3.05, 3.63) is 35.7 Å². The van der Waals surface area contributed by atoms with Crippen LogP contribution in [0.15, 0.2) is 24.4 Å². The summed E-state index contributed by atoms with van der Waals surface area (Å²) in [5.74, 6) is 0.00924. The highest BCUT2D eigenvalue weighted by Gasteiger charge is 2.02. The molecule has 3 heteroatoms. The first kappa shape index (κ1) is 7.62. The molecule has 0 aliphatic rings. The molecule has 0 aliphatic heterocycles. The highest BCUT2D eigenvalue weighted by Crippen LogP contribution is 2.12. The number of fused-ring (bicyclic) bond motifs is 1. The van der Waals surface area contributed by atoms with Gasteiger partial charge in [-0.25, -0.2) is 4.98 Å². The second kappa shape index (κ2) is 3.18. The van der Waals surface area contributed by atoms with Gasteiger partial charge in [0, 0.05) is 13.1 Å². The average Bonchev–Trinajstić information content (AvgIpc) is 2.27. The summed E-state index contributed by atoms with van der Waals surface area (Å²) in [7, 11) is 0. The van der Waals surface area contributed by atoms with E-state index in [2.05, 4.69) is 9.97 Å². The van der Waals surface area contributed by atoms with Gasteiger partial charge in [-0.1, -0.05) is 0 Å². The summed E-state index contributed by atoms with van der Waals surface area (Å²) in [6.07, 6.45) is 1.59. The van der Waals surface area contributed by atoms with Crippen molar-refractivity contribution < 1.29 is 6.17 Å². The van der Waals surface area contributed by atoms with Crippen molar-refractivity contribution in [2.24, 2.45) is 0 Å². The van der Waals surface area contributed by atoms with Crippen molar-refractivity contribution >= 4 is 16.8 Å². The van der Waals surface area contributed by atoms with Crippen molar-refractivity contribution in [2.45, 2.75) is 13.8 Å². The van der Waals surface area contributed by atoms with E-state index in [4.69, 9.17) is 1.37 Å². The quantitative estimate of drug-likeness (QED) is 0.642. The largest absolute Gasteiger partial charge is 0.295 e. The molecular formula is C11H10N2O. The van der Waals surface area contributed by atoms with Crippen LogP contribution < -0.4 is 0 Å². The molecule has 0 unspecified atom stereocenters. The molecule has 0 saturated carbocycles. The zero-order chi connectivity index (χ0) is 10.8. The lowest BCUT2D eigenvalue weighted by molar-refractivity contribution is 0.101. The molecular weight excluding hydrogens is 176 g/mol. The maximum Gasteiger partial charge on any atom is 0.159 e. The van der Waals surface area contributed by atoms with Gasteiger partial charge in [0.05, 0.1) is 16.7 Å². The number of benzene rings is 1. The van der Waals surface area contributed by atoms with Crippen molar-refractivity contribution in [1.29, 1.82) is 0 Å².